The molecule has 2 heterocycles. The Labute approximate surface area is 115 Å². The molecule has 0 saturated carbocycles. The molecule has 0 atom stereocenters. The number of nitrogens with zero attached hydrogens (tertiary/aromatic N) is 2. The molecule has 19 heavy (non-hydrogen) atoms. The molecule has 3 heteroatoms. The zero-order chi connectivity index (χ0) is 13.7. The second-order valence-electron chi connectivity index (χ2n) is 4.93. The van der Waals surface area contributed by atoms with Gasteiger partial charge in [0.2, 0.25) is 0 Å². The van der Waals surface area contributed by atoms with Gasteiger partial charge in [-0.3, -0.25) is 4.98 Å². The van der Waals surface area contributed by atoms with Crippen LogP contribution < -0.4 is 5.32 Å². The van der Waals surface area contributed by atoms with Crippen LogP contribution in [0.15, 0.2) is 30.6 Å². The minimum Gasteiger partial charge on any atom is -0.349 e. The van der Waals surface area contributed by atoms with Crippen molar-refractivity contribution in [1.29, 1.82) is 0 Å². The van der Waals surface area contributed by atoms with E-state index in [9.17, 15) is 0 Å². The minimum atomic E-state index is 0.944. The molecule has 0 aromatic carbocycles. The second kappa shape index (κ2) is 6.53. The van der Waals surface area contributed by atoms with E-state index in [2.05, 4.69) is 47.8 Å². The minimum absolute atomic E-state index is 0.944. The normalized spacial score (nSPS) is 10.9. The van der Waals surface area contributed by atoms with Gasteiger partial charge in [0, 0.05) is 36.9 Å². The third-order valence-electron chi connectivity index (χ3n) is 3.62. The van der Waals surface area contributed by atoms with Gasteiger partial charge in [-0.2, -0.15) is 0 Å². The fourth-order valence-electron chi connectivity index (χ4n) is 2.54. The largest absolute Gasteiger partial charge is 0.349 e. The Morgan fingerprint density at radius 2 is 2.16 bits per heavy atom. The molecule has 0 amide bonds. The summed E-state index contributed by atoms with van der Waals surface area (Å²) in [7, 11) is 0. The Kier molecular flexibility index (Phi) is 4.74. The van der Waals surface area contributed by atoms with Crippen molar-refractivity contribution in [2.45, 2.75) is 40.3 Å². The van der Waals surface area contributed by atoms with Crippen LogP contribution in [0.25, 0.3) is 0 Å². The van der Waals surface area contributed by atoms with Crippen LogP contribution in [-0.4, -0.2) is 16.1 Å². The van der Waals surface area contributed by atoms with E-state index >= 15 is 0 Å². The number of pyridine rings is 1. The first-order valence-electron chi connectivity index (χ1n) is 6.97. The molecule has 0 aliphatic rings. The van der Waals surface area contributed by atoms with Gasteiger partial charge in [0.05, 0.1) is 0 Å². The number of hydrogen-bond donors (Lipinski definition) is 1. The molecule has 3 nitrogen and oxygen atoms in total. The van der Waals surface area contributed by atoms with E-state index < -0.39 is 0 Å². The van der Waals surface area contributed by atoms with Crippen molar-refractivity contribution in [2.24, 2.45) is 0 Å². The maximum atomic E-state index is 4.13. The smallest absolute Gasteiger partial charge is 0.0300 e. The summed E-state index contributed by atoms with van der Waals surface area (Å²) in [6, 6.07) is 6.40. The average molecular weight is 257 g/mol. The third kappa shape index (κ3) is 3.44. The SMILES string of the molecule is CCn1c(C)cc(CNCCc2cccnc2)c1C. The molecule has 2 rings (SSSR count). The van der Waals surface area contributed by atoms with Crippen molar-refractivity contribution in [3.05, 3.63) is 53.1 Å². The summed E-state index contributed by atoms with van der Waals surface area (Å²) in [6.07, 6.45) is 4.78. The van der Waals surface area contributed by atoms with Crippen LogP contribution in [0.4, 0.5) is 0 Å². The lowest BCUT2D eigenvalue weighted by atomic mass is 10.2. The number of hydrogen-bond acceptors (Lipinski definition) is 2. The van der Waals surface area contributed by atoms with Gasteiger partial charge in [0.15, 0.2) is 0 Å². The van der Waals surface area contributed by atoms with E-state index in [1.807, 2.05) is 18.5 Å². The van der Waals surface area contributed by atoms with Gasteiger partial charge in [-0.1, -0.05) is 6.07 Å². The second-order valence-corrected chi connectivity index (χ2v) is 4.93. The van der Waals surface area contributed by atoms with Gasteiger partial charge in [0.1, 0.15) is 0 Å². The molecular weight excluding hydrogens is 234 g/mol. The highest BCUT2D eigenvalue weighted by Gasteiger charge is 2.06. The molecule has 0 unspecified atom stereocenters. The Hall–Kier alpha value is -1.61. The van der Waals surface area contributed by atoms with E-state index in [1.54, 1.807) is 0 Å². The fourth-order valence-corrected chi connectivity index (χ4v) is 2.54. The highest BCUT2D eigenvalue weighted by Crippen LogP contribution is 2.14. The number of nitrogens with one attached hydrogen (secondary N) is 1. The molecule has 0 radical (unpaired) electrons. The van der Waals surface area contributed by atoms with E-state index in [0.29, 0.717) is 0 Å². The van der Waals surface area contributed by atoms with Crippen molar-refractivity contribution >= 4 is 0 Å². The van der Waals surface area contributed by atoms with Crippen molar-refractivity contribution in [1.82, 2.24) is 14.9 Å². The zero-order valence-corrected chi connectivity index (χ0v) is 12.1. The summed E-state index contributed by atoms with van der Waals surface area (Å²) in [4.78, 5) is 4.13. The van der Waals surface area contributed by atoms with Crippen LogP contribution in [0.3, 0.4) is 0 Å². The lowest BCUT2D eigenvalue weighted by molar-refractivity contribution is 0.671. The van der Waals surface area contributed by atoms with Crippen LogP contribution >= 0.6 is 0 Å². The van der Waals surface area contributed by atoms with Gasteiger partial charge in [-0.15, -0.1) is 0 Å². The van der Waals surface area contributed by atoms with Gasteiger partial charge in [0.25, 0.3) is 0 Å². The fraction of sp³-hybridized carbons (Fsp3) is 0.438. The maximum Gasteiger partial charge on any atom is 0.0300 e. The summed E-state index contributed by atoms with van der Waals surface area (Å²) in [5.41, 5.74) is 5.43. The maximum absolute atomic E-state index is 4.13. The monoisotopic (exact) mass is 257 g/mol. The van der Waals surface area contributed by atoms with Crippen molar-refractivity contribution in [3.8, 4) is 0 Å². The summed E-state index contributed by atoms with van der Waals surface area (Å²) in [5.74, 6) is 0. The van der Waals surface area contributed by atoms with Crippen LogP contribution in [0, 0.1) is 13.8 Å². The molecule has 2 aromatic heterocycles. The lowest BCUT2D eigenvalue weighted by Crippen LogP contribution is -2.17. The van der Waals surface area contributed by atoms with Crippen molar-refractivity contribution in [3.63, 3.8) is 0 Å². The first kappa shape index (κ1) is 13.8. The summed E-state index contributed by atoms with van der Waals surface area (Å²) in [6.45, 7) is 9.55. The van der Waals surface area contributed by atoms with E-state index in [4.69, 9.17) is 0 Å². The highest BCUT2D eigenvalue weighted by molar-refractivity contribution is 5.26. The predicted octanol–water partition coefficient (Wildman–Crippen LogP) is 2.85. The van der Waals surface area contributed by atoms with Gasteiger partial charge in [-0.05, 0) is 57.0 Å². The van der Waals surface area contributed by atoms with Crippen molar-refractivity contribution in [2.75, 3.05) is 6.54 Å². The predicted molar refractivity (Wildman–Crippen MR) is 79.2 cm³/mol. The topological polar surface area (TPSA) is 29.9 Å². The van der Waals surface area contributed by atoms with Crippen LogP contribution in [0.5, 0.6) is 0 Å². The first-order chi connectivity index (χ1) is 9.22. The van der Waals surface area contributed by atoms with E-state index in [0.717, 1.165) is 26.1 Å². The van der Waals surface area contributed by atoms with E-state index in [1.165, 1.54) is 22.5 Å². The molecule has 0 aliphatic heterocycles. The Bertz CT molecular complexity index is 514. The molecule has 0 fully saturated rings. The number of aromatic nitrogens is 2. The molecular formula is C16H23N3. The molecule has 0 aliphatic carbocycles. The van der Waals surface area contributed by atoms with Gasteiger partial charge in [-0.25, -0.2) is 0 Å². The standard InChI is InChI=1S/C16H23N3/c1-4-19-13(2)10-16(14(19)3)12-18-9-7-15-6-5-8-17-11-15/h5-6,8,10-11,18H,4,7,9,12H2,1-3H3. The molecule has 1 N–H and O–H groups in total. The van der Waals surface area contributed by atoms with Crippen molar-refractivity contribution < 1.29 is 0 Å². The Morgan fingerprint density at radius 1 is 1.32 bits per heavy atom. The number of aryl methyl sites for hydroxylation is 1. The van der Waals surface area contributed by atoms with Gasteiger partial charge < -0.3 is 9.88 Å². The van der Waals surface area contributed by atoms with Crippen LogP contribution in [0.2, 0.25) is 0 Å². The summed E-state index contributed by atoms with van der Waals surface area (Å²) in [5, 5.41) is 3.51. The number of rotatable bonds is 6. The molecule has 0 bridgehead atoms. The summed E-state index contributed by atoms with van der Waals surface area (Å²) < 4.78 is 2.36. The van der Waals surface area contributed by atoms with Crippen LogP contribution in [-0.2, 0) is 19.5 Å². The third-order valence-corrected chi connectivity index (χ3v) is 3.62. The molecule has 0 saturated heterocycles. The average Bonchev–Trinajstić information content (AvgIpc) is 2.70. The zero-order valence-electron chi connectivity index (χ0n) is 12.1. The highest BCUT2D eigenvalue weighted by atomic mass is 15.0. The molecule has 2 aromatic rings. The lowest BCUT2D eigenvalue weighted by Gasteiger charge is -2.07. The van der Waals surface area contributed by atoms with E-state index in [-0.39, 0.29) is 0 Å². The Morgan fingerprint density at radius 3 is 2.79 bits per heavy atom. The van der Waals surface area contributed by atoms with Gasteiger partial charge >= 0.3 is 0 Å². The quantitative estimate of drug-likeness (QED) is 0.806. The Balaban J connectivity index is 1.83. The summed E-state index contributed by atoms with van der Waals surface area (Å²) >= 11 is 0. The molecule has 0 spiro atoms. The molecule has 102 valence electrons. The van der Waals surface area contributed by atoms with Crippen LogP contribution in [0.1, 0.15) is 29.4 Å². The first-order valence-corrected chi connectivity index (χ1v) is 6.97.